The van der Waals surface area contributed by atoms with Crippen molar-refractivity contribution in [2.24, 2.45) is 0 Å². The molecule has 9 heteroatoms. The highest BCUT2D eigenvalue weighted by Gasteiger charge is 2.20. The van der Waals surface area contributed by atoms with Gasteiger partial charge in [-0.2, -0.15) is 0 Å². The number of carbonyl (C=O) groups excluding carboxylic acids is 1. The molecule has 0 spiro atoms. The van der Waals surface area contributed by atoms with Crippen molar-refractivity contribution >= 4 is 39.7 Å². The molecule has 3 rings (SSSR count). The van der Waals surface area contributed by atoms with E-state index in [1.807, 2.05) is 0 Å². The zero-order chi connectivity index (χ0) is 17.8. The Morgan fingerprint density at radius 1 is 1.16 bits per heavy atom. The van der Waals surface area contributed by atoms with Gasteiger partial charge >= 0.3 is 0 Å². The van der Waals surface area contributed by atoms with E-state index in [1.54, 1.807) is 49.5 Å². The van der Waals surface area contributed by atoms with Gasteiger partial charge in [0.15, 0.2) is 10.1 Å². The quantitative estimate of drug-likeness (QED) is 0.398. The van der Waals surface area contributed by atoms with E-state index in [1.165, 1.54) is 17.4 Å². The number of ketones is 1. The van der Waals surface area contributed by atoms with Crippen LogP contribution in [0.3, 0.4) is 0 Å². The van der Waals surface area contributed by atoms with E-state index >= 15 is 0 Å². The highest BCUT2D eigenvalue weighted by Crippen LogP contribution is 2.37. The number of hydrogen-bond donors (Lipinski definition) is 1. The molecule has 0 saturated heterocycles. The first-order valence-corrected chi connectivity index (χ1v) is 8.79. The van der Waals surface area contributed by atoms with E-state index in [0.29, 0.717) is 19.9 Å². The molecule has 0 fully saturated rings. The van der Waals surface area contributed by atoms with Gasteiger partial charge in [-0.1, -0.05) is 41.7 Å². The Morgan fingerprint density at radius 2 is 1.92 bits per heavy atom. The summed E-state index contributed by atoms with van der Waals surface area (Å²) in [5, 5.41) is 22.8. The smallest absolute Gasteiger partial charge is 0.284 e. The van der Waals surface area contributed by atoms with Gasteiger partial charge < -0.3 is 5.32 Å². The average Bonchev–Trinajstić information content (AvgIpc) is 3.09. The van der Waals surface area contributed by atoms with Crippen LogP contribution in [-0.2, 0) is 0 Å². The molecule has 0 aliphatic carbocycles. The van der Waals surface area contributed by atoms with Crippen molar-refractivity contribution in [3.8, 4) is 0 Å². The third kappa shape index (κ3) is 3.83. The van der Waals surface area contributed by atoms with Crippen LogP contribution in [0.15, 0.2) is 57.8 Å². The number of benzene rings is 2. The highest BCUT2D eigenvalue weighted by atomic mass is 32.2. The molecule has 0 atom stereocenters. The molecule has 25 heavy (non-hydrogen) atoms. The molecule has 0 aliphatic rings. The highest BCUT2D eigenvalue weighted by molar-refractivity contribution is 8.01. The van der Waals surface area contributed by atoms with Gasteiger partial charge in [0, 0.05) is 24.2 Å². The molecular formula is C16H12N4O3S2. The maximum absolute atomic E-state index is 12.5. The summed E-state index contributed by atoms with van der Waals surface area (Å²) < 4.78 is 0.578. The standard InChI is InChI=1S/C16H12N4O3S2/c1-17-15-18-19-16(25-15)24-13-8-7-11(9-12(13)20(22)23)14(21)10-5-3-2-4-6-10/h2-9H,1H3,(H,17,18). The normalized spacial score (nSPS) is 10.4. The number of rotatable bonds is 6. The Morgan fingerprint density at radius 3 is 2.56 bits per heavy atom. The average molecular weight is 372 g/mol. The van der Waals surface area contributed by atoms with Crippen LogP contribution in [0, 0.1) is 10.1 Å². The first-order valence-electron chi connectivity index (χ1n) is 7.16. The Bertz CT molecular complexity index is 928. The largest absolute Gasteiger partial charge is 0.363 e. The van der Waals surface area contributed by atoms with E-state index in [2.05, 4.69) is 15.5 Å². The van der Waals surface area contributed by atoms with Crippen LogP contribution in [0.4, 0.5) is 10.8 Å². The predicted molar refractivity (Wildman–Crippen MR) is 96.5 cm³/mol. The van der Waals surface area contributed by atoms with E-state index in [9.17, 15) is 14.9 Å². The van der Waals surface area contributed by atoms with Gasteiger partial charge in [0.25, 0.3) is 5.69 Å². The zero-order valence-corrected chi connectivity index (χ0v) is 14.6. The predicted octanol–water partition coefficient (Wildman–Crippen LogP) is 3.87. The number of anilines is 1. The second kappa shape index (κ2) is 7.41. The number of nitro benzene ring substituents is 1. The van der Waals surface area contributed by atoms with Gasteiger partial charge in [0.1, 0.15) is 0 Å². The SMILES string of the molecule is CNc1nnc(Sc2ccc(C(=O)c3ccccc3)cc2[N+](=O)[O-])s1. The van der Waals surface area contributed by atoms with Crippen LogP contribution in [-0.4, -0.2) is 28.0 Å². The third-order valence-corrected chi connectivity index (χ3v) is 5.33. The first kappa shape index (κ1) is 17.1. The zero-order valence-electron chi connectivity index (χ0n) is 13.0. The summed E-state index contributed by atoms with van der Waals surface area (Å²) in [7, 11) is 1.72. The lowest BCUT2D eigenvalue weighted by atomic mass is 10.0. The summed E-state index contributed by atoms with van der Waals surface area (Å²) >= 11 is 2.44. The molecule has 0 radical (unpaired) electrons. The molecule has 0 amide bonds. The number of nitrogens with zero attached hydrogens (tertiary/aromatic N) is 3. The molecule has 126 valence electrons. The molecule has 3 aromatic rings. The van der Waals surface area contributed by atoms with E-state index in [0.717, 1.165) is 11.8 Å². The molecular weight excluding hydrogens is 360 g/mol. The minimum absolute atomic E-state index is 0.131. The lowest BCUT2D eigenvalue weighted by molar-refractivity contribution is -0.387. The Hall–Kier alpha value is -2.78. The van der Waals surface area contributed by atoms with Crippen molar-refractivity contribution in [2.45, 2.75) is 9.24 Å². The van der Waals surface area contributed by atoms with Crippen molar-refractivity contribution in [3.63, 3.8) is 0 Å². The van der Waals surface area contributed by atoms with Crippen LogP contribution in [0.5, 0.6) is 0 Å². The number of hydrogen-bond acceptors (Lipinski definition) is 8. The van der Waals surface area contributed by atoms with Crippen LogP contribution in [0.1, 0.15) is 15.9 Å². The van der Waals surface area contributed by atoms with Gasteiger partial charge in [-0.05, 0) is 23.9 Å². The first-order chi connectivity index (χ1) is 12.1. The second-order valence-electron chi connectivity index (χ2n) is 4.86. The van der Waals surface area contributed by atoms with Crippen molar-refractivity contribution in [1.29, 1.82) is 0 Å². The summed E-state index contributed by atoms with van der Waals surface area (Å²) in [6, 6.07) is 13.1. The lowest BCUT2D eigenvalue weighted by Gasteiger charge is -2.04. The van der Waals surface area contributed by atoms with E-state index < -0.39 is 4.92 Å². The van der Waals surface area contributed by atoms with Crippen molar-refractivity contribution < 1.29 is 9.72 Å². The maximum atomic E-state index is 12.5. The number of carbonyl (C=O) groups is 1. The van der Waals surface area contributed by atoms with E-state index in [-0.39, 0.29) is 17.0 Å². The summed E-state index contributed by atoms with van der Waals surface area (Å²) in [6.07, 6.45) is 0. The fraction of sp³-hybridized carbons (Fsp3) is 0.0625. The minimum atomic E-state index is -0.496. The molecule has 1 heterocycles. The lowest BCUT2D eigenvalue weighted by Crippen LogP contribution is -2.02. The second-order valence-corrected chi connectivity index (χ2v) is 7.13. The van der Waals surface area contributed by atoms with E-state index in [4.69, 9.17) is 0 Å². The fourth-order valence-electron chi connectivity index (χ4n) is 2.09. The summed E-state index contributed by atoms with van der Waals surface area (Å²) in [4.78, 5) is 23.8. The van der Waals surface area contributed by atoms with Gasteiger partial charge in [0.05, 0.1) is 9.82 Å². The van der Waals surface area contributed by atoms with Gasteiger partial charge in [0.2, 0.25) is 5.13 Å². The van der Waals surface area contributed by atoms with Crippen molar-refractivity contribution in [2.75, 3.05) is 12.4 Å². The number of nitrogens with one attached hydrogen (secondary N) is 1. The van der Waals surface area contributed by atoms with Crippen LogP contribution in [0.2, 0.25) is 0 Å². The summed E-state index contributed by atoms with van der Waals surface area (Å²) in [5.41, 5.74) is 0.628. The van der Waals surface area contributed by atoms with Crippen LogP contribution in [0.25, 0.3) is 0 Å². The molecule has 0 aliphatic heterocycles. The molecule has 1 aromatic heterocycles. The molecule has 0 unspecified atom stereocenters. The molecule has 7 nitrogen and oxygen atoms in total. The maximum Gasteiger partial charge on any atom is 0.284 e. The molecule has 2 aromatic carbocycles. The van der Waals surface area contributed by atoms with Crippen LogP contribution < -0.4 is 5.32 Å². The number of nitro groups is 1. The number of aromatic nitrogens is 2. The monoisotopic (exact) mass is 372 g/mol. The molecule has 0 saturated carbocycles. The summed E-state index contributed by atoms with van der Waals surface area (Å²) in [6.45, 7) is 0. The van der Waals surface area contributed by atoms with Crippen molar-refractivity contribution in [1.82, 2.24) is 10.2 Å². The Labute approximate surface area is 151 Å². The molecule has 1 N–H and O–H groups in total. The third-order valence-electron chi connectivity index (χ3n) is 3.27. The minimum Gasteiger partial charge on any atom is -0.363 e. The topological polar surface area (TPSA) is 98.0 Å². The summed E-state index contributed by atoms with van der Waals surface area (Å²) in [5.74, 6) is -0.256. The van der Waals surface area contributed by atoms with Crippen LogP contribution >= 0.6 is 23.1 Å². The fourth-order valence-corrected chi connectivity index (χ4v) is 3.84. The molecule has 0 bridgehead atoms. The van der Waals surface area contributed by atoms with Gasteiger partial charge in [-0.3, -0.25) is 14.9 Å². The van der Waals surface area contributed by atoms with Crippen molar-refractivity contribution in [3.05, 3.63) is 69.8 Å². The Balaban J connectivity index is 1.93. The Kier molecular flexibility index (Phi) is 5.05. The van der Waals surface area contributed by atoms with Gasteiger partial charge in [-0.25, -0.2) is 0 Å². The van der Waals surface area contributed by atoms with Gasteiger partial charge in [-0.15, -0.1) is 10.2 Å².